The first-order valence-electron chi connectivity index (χ1n) is 13.9. The van der Waals surface area contributed by atoms with Crippen molar-refractivity contribution in [3.05, 3.63) is 58.1 Å². The maximum atomic E-state index is 6.85. The van der Waals surface area contributed by atoms with E-state index >= 15 is 0 Å². The fourth-order valence-corrected chi connectivity index (χ4v) is 7.63. The van der Waals surface area contributed by atoms with Gasteiger partial charge in [0, 0.05) is 28.9 Å². The van der Waals surface area contributed by atoms with Crippen LogP contribution >= 0.6 is 0 Å². The minimum Gasteiger partial charge on any atom is -0.490 e. The molecule has 0 amide bonds. The number of benzene rings is 4. The van der Waals surface area contributed by atoms with Crippen molar-refractivity contribution in [1.29, 1.82) is 0 Å². The lowest BCUT2D eigenvalue weighted by atomic mass is 9.49. The first-order chi connectivity index (χ1) is 20.8. The molecule has 0 fully saturated rings. The largest absolute Gasteiger partial charge is 0.490 e. The van der Waals surface area contributed by atoms with Gasteiger partial charge in [0.1, 0.15) is 29.5 Å². The van der Waals surface area contributed by atoms with Gasteiger partial charge in [0.15, 0.2) is 0 Å². The summed E-state index contributed by atoms with van der Waals surface area (Å²) < 4.78 is 12.9. The van der Waals surface area contributed by atoms with Crippen molar-refractivity contribution in [2.24, 2.45) is 0 Å². The first kappa shape index (κ1) is 26.9. The van der Waals surface area contributed by atoms with E-state index in [1.807, 2.05) is 24.3 Å². The fourth-order valence-electron chi connectivity index (χ4n) is 7.63. The van der Waals surface area contributed by atoms with Crippen molar-refractivity contribution in [3.8, 4) is 11.5 Å². The Morgan fingerprint density at radius 3 is 1.73 bits per heavy atom. The second kappa shape index (κ2) is 8.56. The van der Waals surface area contributed by atoms with Gasteiger partial charge in [-0.15, -0.1) is 0 Å². The number of ether oxygens (including phenoxy) is 2. The fraction of sp³-hybridized carbons (Fsp3) is 0.200. The van der Waals surface area contributed by atoms with Crippen molar-refractivity contribution >= 4 is 68.2 Å². The third-order valence-corrected chi connectivity index (χ3v) is 9.86. The van der Waals surface area contributed by atoms with Crippen LogP contribution in [0.1, 0.15) is 45.6 Å². The van der Waals surface area contributed by atoms with Crippen LogP contribution in [-0.2, 0) is 5.41 Å². The van der Waals surface area contributed by atoms with Crippen LogP contribution in [0.2, 0.25) is 0 Å². The summed E-state index contributed by atoms with van der Waals surface area (Å²) in [5.74, 6) is -0.708. The van der Waals surface area contributed by atoms with Gasteiger partial charge in [-0.3, -0.25) is 0 Å². The highest BCUT2D eigenvalue weighted by molar-refractivity contribution is 5.96. The first-order valence-corrected chi connectivity index (χ1v) is 13.9. The van der Waals surface area contributed by atoms with E-state index in [0.29, 0.717) is 45.4 Å². The molecule has 0 saturated carbocycles. The Labute approximate surface area is 252 Å². The normalized spacial score (nSPS) is 22.8. The lowest BCUT2D eigenvalue weighted by Gasteiger charge is -2.56. The summed E-state index contributed by atoms with van der Waals surface area (Å²) in [5, 5.41) is 0. The Bertz CT molecular complexity index is 1940. The van der Waals surface area contributed by atoms with Crippen LogP contribution in [0, 0.1) is 0 Å². The molecule has 7 rings (SSSR count). The second-order valence-corrected chi connectivity index (χ2v) is 11.9. The second-order valence-electron chi connectivity index (χ2n) is 11.9. The molecular formula is C30H36N12O2. The number of rotatable bonds is 1. The highest BCUT2D eigenvalue weighted by Crippen LogP contribution is 2.70. The van der Waals surface area contributed by atoms with Gasteiger partial charge >= 0.3 is 0 Å². The Kier molecular flexibility index (Phi) is 5.24. The molecule has 0 aromatic heterocycles. The number of nitrogen functional groups attached to an aromatic ring is 12. The molecule has 0 radical (unpaired) electrons. The SMILES string of the molecule is Nc1ccc(C23COc4c(N)c(N)c(N)c(N)c4C2C2c4c(N)c(N)c(N)c(N)c4OCC2c2cc(N)c(N)cc23)cc1N. The maximum absolute atomic E-state index is 6.85. The summed E-state index contributed by atoms with van der Waals surface area (Å²) in [5.41, 5.74) is 83.3. The van der Waals surface area contributed by atoms with Gasteiger partial charge in [0.2, 0.25) is 0 Å². The van der Waals surface area contributed by atoms with Gasteiger partial charge in [-0.1, -0.05) is 6.07 Å². The predicted octanol–water partition coefficient (Wildman–Crippen LogP) is 1.41. The average Bonchev–Trinajstić information content (AvgIpc) is 3.01. The Balaban J connectivity index is 1.70. The lowest BCUT2D eigenvalue weighted by molar-refractivity contribution is 0.128. The monoisotopic (exact) mass is 596 g/mol. The van der Waals surface area contributed by atoms with Crippen LogP contribution in [0.5, 0.6) is 11.5 Å². The van der Waals surface area contributed by atoms with Gasteiger partial charge in [-0.25, -0.2) is 0 Å². The molecule has 14 heteroatoms. The van der Waals surface area contributed by atoms with E-state index in [1.54, 1.807) is 6.07 Å². The van der Waals surface area contributed by atoms with E-state index in [4.69, 9.17) is 78.3 Å². The number of fused-ring (bicyclic) bond motifs is 10. The van der Waals surface area contributed by atoms with Crippen LogP contribution in [0.25, 0.3) is 0 Å². The van der Waals surface area contributed by atoms with Gasteiger partial charge in [-0.05, 0) is 41.0 Å². The van der Waals surface area contributed by atoms with Crippen molar-refractivity contribution in [3.63, 3.8) is 0 Å². The molecule has 4 aromatic carbocycles. The van der Waals surface area contributed by atoms with Crippen molar-refractivity contribution in [2.75, 3.05) is 82.0 Å². The molecular weight excluding hydrogens is 560 g/mol. The third-order valence-electron chi connectivity index (χ3n) is 9.86. The van der Waals surface area contributed by atoms with Crippen molar-refractivity contribution < 1.29 is 9.47 Å². The molecule has 14 nitrogen and oxygen atoms in total. The highest BCUT2D eigenvalue weighted by atomic mass is 16.5. The van der Waals surface area contributed by atoms with E-state index in [0.717, 1.165) is 16.7 Å². The minimum atomic E-state index is -1.01. The standard InChI is InChI=1S/C30H36N12O2/c31-12-2-1-8(3-13(12)32)30-7-44-29-18(21(36)23(38)25(40)27(29)42)19(30)16-10(9-4-14(33)15(34)5-11(9)30)6-43-28-17(16)20(35)22(37)24(39)26(28)41/h1-5,10,16,19H,6-7,31-42H2. The molecule has 24 N–H and O–H groups in total. The van der Waals surface area contributed by atoms with Crippen LogP contribution in [0.15, 0.2) is 30.3 Å². The van der Waals surface area contributed by atoms with E-state index in [1.165, 1.54) is 0 Å². The summed E-state index contributed by atoms with van der Waals surface area (Å²) in [7, 11) is 0. The summed E-state index contributed by atoms with van der Waals surface area (Å²) in [6.45, 7) is 0.282. The van der Waals surface area contributed by atoms with Gasteiger partial charge in [0.05, 0.1) is 68.9 Å². The highest BCUT2D eigenvalue weighted by Gasteiger charge is 2.60. The zero-order chi connectivity index (χ0) is 31.6. The zero-order valence-electron chi connectivity index (χ0n) is 23.8. The van der Waals surface area contributed by atoms with Crippen LogP contribution < -0.4 is 78.3 Å². The summed E-state index contributed by atoms with van der Waals surface area (Å²) >= 11 is 0. The number of nitrogens with two attached hydrogens (primary N) is 12. The molecule has 0 bridgehead atoms. The van der Waals surface area contributed by atoms with Crippen LogP contribution in [0.4, 0.5) is 68.2 Å². The molecule has 228 valence electrons. The molecule has 4 atom stereocenters. The minimum absolute atomic E-state index is 0.0800. The van der Waals surface area contributed by atoms with E-state index in [2.05, 4.69) is 0 Å². The molecule has 3 aliphatic rings. The maximum Gasteiger partial charge on any atom is 0.150 e. The molecule has 2 aliphatic heterocycles. The smallest absolute Gasteiger partial charge is 0.150 e. The number of hydrogen-bond donors (Lipinski definition) is 12. The molecule has 0 saturated heterocycles. The van der Waals surface area contributed by atoms with Crippen LogP contribution in [-0.4, -0.2) is 13.2 Å². The van der Waals surface area contributed by atoms with Crippen molar-refractivity contribution in [2.45, 2.75) is 23.2 Å². The van der Waals surface area contributed by atoms with Crippen LogP contribution in [0.3, 0.4) is 0 Å². The number of hydrogen-bond acceptors (Lipinski definition) is 14. The molecule has 4 unspecified atom stereocenters. The third kappa shape index (κ3) is 3.08. The van der Waals surface area contributed by atoms with E-state index in [9.17, 15) is 0 Å². The Hall–Kier alpha value is -5.92. The zero-order valence-corrected chi connectivity index (χ0v) is 23.8. The predicted molar refractivity (Wildman–Crippen MR) is 179 cm³/mol. The number of anilines is 12. The summed E-state index contributed by atoms with van der Waals surface area (Å²) in [4.78, 5) is 0. The van der Waals surface area contributed by atoms with Crippen molar-refractivity contribution in [1.82, 2.24) is 0 Å². The topological polar surface area (TPSA) is 331 Å². The summed E-state index contributed by atoms with van der Waals surface area (Å²) in [6, 6.07) is 9.19. The van der Waals surface area contributed by atoms with E-state index < -0.39 is 17.3 Å². The molecule has 44 heavy (non-hydrogen) atoms. The molecule has 0 spiro atoms. The van der Waals surface area contributed by atoms with Gasteiger partial charge in [-0.2, -0.15) is 0 Å². The Morgan fingerprint density at radius 1 is 0.545 bits per heavy atom. The van der Waals surface area contributed by atoms with Gasteiger partial charge < -0.3 is 78.3 Å². The lowest BCUT2D eigenvalue weighted by Crippen LogP contribution is -2.52. The summed E-state index contributed by atoms with van der Waals surface area (Å²) in [6.07, 6.45) is 0. The average molecular weight is 597 g/mol. The molecule has 2 heterocycles. The van der Waals surface area contributed by atoms with E-state index in [-0.39, 0.29) is 64.6 Å². The van der Waals surface area contributed by atoms with Gasteiger partial charge in [0.25, 0.3) is 0 Å². The molecule has 4 aromatic rings. The quantitative estimate of drug-likeness (QED) is 0.138. The molecule has 1 aliphatic carbocycles. The Morgan fingerprint density at radius 2 is 1.09 bits per heavy atom.